The molecule has 1 saturated carbocycles. The van der Waals surface area contributed by atoms with Crippen LogP contribution in [0.2, 0.25) is 0 Å². The van der Waals surface area contributed by atoms with Gasteiger partial charge >= 0.3 is 12.1 Å². The van der Waals surface area contributed by atoms with Crippen molar-refractivity contribution in [3.8, 4) is 0 Å². The smallest absolute Gasteiger partial charge is 0.323 e. The first-order valence-corrected chi connectivity index (χ1v) is 6.73. The molecule has 1 aliphatic rings. The van der Waals surface area contributed by atoms with Crippen LogP contribution < -0.4 is 10.6 Å². The van der Waals surface area contributed by atoms with Crippen molar-refractivity contribution >= 4 is 23.2 Å². The molecule has 0 aromatic heterocycles. The van der Waals surface area contributed by atoms with Gasteiger partial charge in [-0.15, -0.1) is 0 Å². The standard InChI is InChI=1S/C15H15F3N2O2/c1-9(10-2-3-10)8-13(21)19-11-4-6-12(7-5-11)20-14(22)15(16,17)18/h4-8,10H,2-3H2,1H3,(H,19,21)(H,20,22)/b9-8+. The normalized spacial score (nSPS) is 15.4. The van der Waals surface area contributed by atoms with Gasteiger partial charge in [-0.3, -0.25) is 9.59 Å². The molecular weight excluding hydrogens is 297 g/mol. The molecule has 0 atom stereocenters. The molecule has 1 aliphatic carbocycles. The number of hydrogen-bond donors (Lipinski definition) is 2. The maximum absolute atomic E-state index is 12.1. The van der Waals surface area contributed by atoms with Crippen LogP contribution in [0.3, 0.4) is 0 Å². The van der Waals surface area contributed by atoms with E-state index < -0.39 is 12.1 Å². The molecule has 0 heterocycles. The zero-order chi connectivity index (χ0) is 16.3. The molecule has 7 heteroatoms. The van der Waals surface area contributed by atoms with E-state index in [1.54, 1.807) is 5.32 Å². The highest BCUT2D eigenvalue weighted by molar-refractivity contribution is 6.00. The molecule has 1 aromatic carbocycles. The molecular formula is C15H15F3N2O2. The van der Waals surface area contributed by atoms with Gasteiger partial charge in [0.2, 0.25) is 5.91 Å². The molecule has 0 bridgehead atoms. The maximum atomic E-state index is 12.1. The van der Waals surface area contributed by atoms with Crippen LogP contribution >= 0.6 is 0 Å². The third kappa shape index (κ3) is 4.61. The minimum Gasteiger partial charge on any atom is -0.323 e. The Balaban J connectivity index is 1.93. The third-order valence-electron chi connectivity index (χ3n) is 3.25. The zero-order valence-electron chi connectivity index (χ0n) is 11.8. The molecule has 1 fully saturated rings. The van der Waals surface area contributed by atoms with Gasteiger partial charge in [0.25, 0.3) is 0 Å². The van der Waals surface area contributed by atoms with E-state index >= 15 is 0 Å². The Morgan fingerprint density at radius 1 is 1.09 bits per heavy atom. The van der Waals surface area contributed by atoms with E-state index in [-0.39, 0.29) is 11.6 Å². The SMILES string of the molecule is C/C(=C\C(=O)Nc1ccc(NC(=O)C(F)(F)F)cc1)C1CC1. The summed E-state index contributed by atoms with van der Waals surface area (Å²) in [5.41, 5.74) is 1.46. The van der Waals surface area contributed by atoms with Crippen LogP contribution in [0, 0.1) is 5.92 Å². The van der Waals surface area contributed by atoms with Crippen LogP contribution in [-0.4, -0.2) is 18.0 Å². The van der Waals surface area contributed by atoms with E-state index in [0.717, 1.165) is 18.4 Å². The monoisotopic (exact) mass is 312 g/mol. The fourth-order valence-electron chi connectivity index (χ4n) is 1.88. The summed E-state index contributed by atoms with van der Waals surface area (Å²) in [4.78, 5) is 22.5. The molecule has 0 aliphatic heterocycles. The summed E-state index contributed by atoms with van der Waals surface area (Å²) in [6, 6.07) is 5.42. The lowest BCUT2D eigenvalue weighted by Crippen LogP contribution is -2.29. The number of allylic oxidation sites excluding steroid dienone is 1. The fraction of sp³-hybridized carbons (Fsp3) is 0.333. The first kappa shape index (κ1) is 16.1. The minimum atomic E-state index is -4.93. The Bertz CT molecular complexity index is 602. The summed E-state index contributed by atoms with van der Waals surface area (Å²) in [6.45, 7) is 1.90. The predicted molar refractivity (Wildman–Crippen MR) is 76.2 cm³/mol. The summed E-state index contributed by atoms with van der Waals surface area (Å²) >= 11 is 0. The first-order valence-electron chi connectivity index (χ1n) is 6.73. The maximum Gasteiger partial charge on any atom is 0.471 e. The van der Waals surface area contributed by atoms with E-state index in [1.165, 1.54) is 30.3 Å². The molecule has 0 saturated heterocycles. The minimum absolute atomic E-state index is 0.00465. The van der Waals surface area contributed by atoms with Crippen molar-refractivity contribution in [2.75, 3.05) is 10.6 Å². The van der Waals surface area contributed by atoms with Crippen molar-refractivity contribution in [3.05, 3.63) is 35.9 Å². The van der Waals surface area contributed by atoms with Gasteiger partial charge in [-0.25, -0.2) is 0 Å². The molecule has 0 spiro atoms. The quantitative estimate of drug-likeness (QED) is 0.836. The number of carbonyl (C=O) groups is 2. The Kier molecular flexibility index (Phi) is 4.54. The van der Waals surface area contributed by atoms with E-state index in [2.05, 4.69) is 5.32 Å². The molecule has 0 unspecified atom stereocenters. The van der Waals surface area contributed by atoms with Crippen LogP contribution in [-0.2, 0) is 9.59 Å². The van der Waals surface area contributed by atoms with Crippen molar-refractivity contribution in [2.24, 2.45) is 5.92 Å². The Morgan fingerprint density at radius 2 is 1.59 bits per heavy atom. The average Bonchev–Trinajstić information content (AvgIpc) is 3.24. The molecule has 0 radical (unpaired) electrons. The number of amides is 2. The number of alkyl halides is 3. The Hall–Kier alpha value is -2.31. The van der Waals surface area contributed by atoms with E-state index in [9.17, 15) is 22.8 Å². The number of benzene rings is 1. The summed E-state index contributed by atoms with van der Waals surface area (Å²) in [6.07, 6.45) is -1.21. The number of carbonyl (C=O) groups excluding carboxylic acids is 2. The van der Waals surface area contributed by atoms with E-state index in [1.807, 2.05) is 6.92 Å². The lowest BCUT2D eigenvalue weighted by molar-refractivity contribution is -0.167. The molecule has 22 heavy (non-hydrogen) atoms. The van der Waals surface area contributed by atoms with Crippen molar-refractivity contribution in [3.63, 3.8) is 0 Å². The predicted octanol–water partition coefficient (Wildman–Crippen LogP) is 3.48. The second kappa shape index (κ2) is 6.21. The Labute approximate surface area is 125 Å². The van der Waals surface area contributed by atoms with Crippen molar-refractivity contribution in [2.45, 2.75) is 25.9 Å². The van der Waals surface area contributed by atoms with Gasteiger partial charge in [0.1, 0.15) is 0 Å². The van der Waals surface area contributed by atoms with E-state index in [0.29, 0.717) is 11.6 Å². The summed E-state index contributed by atoms with van der Waals surface area (Å²) in [7, 11) is 0. The van der Waals surface area contributed by atoms with Crippen LogP contribution in [0.1, 0.15) is 19.8 Å². The second-order valence-corrected chi connectivity index (χ2v) is 5.18. The Morgan fingerprint density at radius 3 is 2.05 bits per heavy atom. The first-order chi connectivity index (χ1) is 10.3. The fourth-order valence-corrected chi connectivity index (χ4v) is 1.88. The number of hydrogen-bond acceptors (Lipinski definition) is 2. The van der Waals surface area contributed by atoms with Gasteiger partial charge in [0.15, 0.2) is 0 Å². The highest BCUT2D eigenvalue weighted by atomic mass is 19.4. The van der Waals surface area contributed by atoms with Crippen molar-refractivity contribution in [1.82, 2.24) is 0 Å². The molecule has 1 aromatic rings. The van der Waals surface area contributed by atoms with Gasteiger partial charge < -0.3 is 10.6 Å². The van der Waals surface area contributed by atoms with Crippen LogP contribution in [0.5, 0.6) is 0 Å². The zero-order valence-corrected chi connectivity index (χ0v) is 11.8. The van der Waals surface area contributed by atoms with Crippen LogP contribution in [0.25, 0.3) is 0 Å². The molecule has 2 N–H and O–H groups in total. The third-order valence-corrected chi connectivity index (χ3v) is 3.25. The van der Waals surface area contributed by atoms with Crippen LogP contribution in [0.15, 0.2) is 35.9 Å². The summed E-state index contributed by atoms with van der Waals surface area (Å²) < 4.78 is 36.3. The number of anilines is 2. The topological polar surface area (TPSA) is 58.2 Å². The number of nitrogens with one attached hydrogen (secondary N) is 2. The molecule has 2 rings (SSSR count). The van der Waals surface area contributed by atoms with E-state index in [4.69, 9.17) is 0 Å². The summed E-state index contributed by atoms with van der Waals surface area (Å²) in [5.74, 6) is -1.82. The lowest BCUT2D eigenvalue weighted by Gasteiger charge is -2.09. The highest BCUT2D eigenvalue weighted by Gasteiger charge is 2.38. The number of rotatable bonds is 4. The number of halogens is 3. The molecule has 4 nitrogen and oxygen atoms in total. The lowest BCUT2D eigenvalue weighted by atomic mass is 10.2. The molecule has 118 valence electrons. The molecule has 2 amide bonds. The largest absolute Gasteiger partial charge is 0.471 e. The average molecular weight is 312 g/mol. The van der Waals surface area contributed by atoms with Crippen molar-refractivity contribution < 1.29 is 22.8 Å². The van der Waals surface area contributed by atoms with Gasteiger partial charge in [0, 0.05) is 17.5 Å². The van der Waals surface area contributed by atoms with Gasteiger partial charge in [-0.05, 0) is 49.9 Å². The summed E-state index contributed by atoms with van der Waals surface area (Å²) in [5, 5.41) is 4.35. The van der Waals surface area contributed by atoms with Gasteiger partial charge in [-0.1, -0.05) is 5.57 Å². The van der Waals surface area contributed by atoms with Crippen LogP contribution in [0.4, 0.5) is 24.5 Å². The van der Waals surface area contributed by atoms with Gasteiger partial charge in [0.05, 0.1) is 0 Å². The highest BCUT2D eigenvalue weighted by Crippen LogP contribution is 2.35. The van der Waals surface area contributed by atoms with Gasteiger partial charge in [-0.2, -0.15) is 13.2 Å². The second-order valence-electron chi connectivity index (χ2n) is 5.18. The van der Waals surface area contributed by atoms with Crippen molar-refractivity contribution in [1.29, 1.82) is 0 Å².